The highest BCUT2D eigenvalue weighted by molar-refractivity contribution is 7.89. The van der Waals surface area contributed by atoms with Gasteiger partial charge in [-0.2, -0.15) is 9.29 Å². The first-order valence-corrected chi connectivity index (χ1v) is 12.8. The Kier molecular flexibility index (Phi) is 6.52. The summed E-state index contributed by atoms with van der Waals surface area (Å²) in [5.74, 6) is 1.34. The van der Waals surface area contributed by atoms with Gasteiger partial charge in [0.1, 0.15) is 11.6 Å². The van der Waals surface area contributed by atoms with Crippen LogP contribution in [0.2, 0.25) is 0 Å². The van der Waals surface area contributed by atoms with Crippen molar-refractivity contribution >= 4 is 27.5 Å². The fourth-order valence-electron chi connectivity index (χ4n) is 4.24. The van der Waals surface area contributed by atoms with E-state index in [1.54, 1.807) is 17.3 Å². The molecule has 0 saturated carbocycles. The van der Waals surface area contributed by atoms with Crippen molar-refractivity contribution in [1.29, 1.82) is 0 Å². The van der Waals surface area contributed by atoms with Crippen molar-refractivity contribution in [3.05, 3.63) is 41.3 Å². The highest BCUT2D eigenvalue weighted by atomic mass is 32.2. The van der Waals surface area contributed by atoms with Crippen LogP contribution in [0.5, 0.6) is 0 Å². The monoisotopic (exact) mass is 462 g/mol. The Morgan fingerprint density at radius 1 is 1.03 bits per heavy atom. The molecular weight excluding hydrogens is 431 g/mol. The van der Waals surface area contributed by atoms with Crippen LogP contribution >= 0.6 is 0 Å². The molecule has 2 aliphatic heterocycles. The zero-order valence-electron chi connectivity index (χ0n) is 19.0. The Bertz CT molecular complexity index is 1070. The number of nitrogens with zero attached hydrogens (tertiary/aromatic N) is 6. The number of aromatic nitrogens is 2. The smallest absolute Gasteiger partial charge is 0.227 e. The Morgan fingerprint density at radius 3 is 2.38 bits per heavy atom. The second-order valence-corrected chi connectivity index (χ2v) is 10.5. The summed E-state index contributed by atoms with van der Waals surface area (Å²) in [4.78, 5) is 15.9. The van der Waals surface area contributed by atoms with Gasteiger partial charge in [0.2, 0.25) is 16.0 Å². The van der Waals surface area contributed by atoms with E-state index in [1.165, 1.54) is 6.07 Å². The second kappa shape index (κ2) is 9.19. The van der Waals surface area contributed by atoms with Crippen LogP contribution in [0.4, 0.5) is 21.8 Å². The minimum atomic E-state index is -3.27. The van der Waals surface area contributed by atoms with Crippen molar-refractivity contribution in [2.24, 2.45) is 0 Å². The summed E-state index contributed by atoms with van der Waals surface area (Å²) >= 11 is 0. The first-order chi connectivity index (χ1) is 15.3. The molecule has 0 radical (unpaired) electrons. The maximum atomic E-state index is 14.2. The van der Waals surface area contributed by atoms with E-state index in [1.807, 2.05) is 31.0 Å². The molecule has 2 aliphatic rings. The molecule has 0 atom stereocenters. The summed E-state index contributed by atoms with van der Waals surface area (Å²) in [6.45, 7) is 7.98. The highest BCUT2D eigenvalue weighted by Crippen LogP contribution is 2.30. The lowest BCUT2D eigenvalue weighted by molar-refractivity contribution is 0.387. The zero-order chi connectivity index (χ0) is 22.9. The first-order valence-electron chi connectivity index (χ1n) is 11.2. The van der Waals surface area contributed by atoms with E-state index < -0.39 is 10.0 Å². The van der Waals surface area contributed by atoms with Crippen molar-refractivity contribution in [3.8, 4) is 0 Å². The van der Waals surface area contributed by atoms with Gasteiger partial charge in [0.15, 0.2) is 0 Å². The highest BCUT2D eigenvalue weighted by Gasteiger charge is 2.31. The van der Waals surface area contributed by atoms with Gasteiger partial charge in [-0.15, -0.1) is 0 Å². The summed E-state index contributed by atoms with van der Waals surface area (Å²) in [6, 6.07) is 6.86. The van der Waals surface area contributed by atoms with Crippen molar-refractivity contribution in [3.63, 3.8) is 0 Å². The van der Waals surface area contributed by atoms with Crippen LogP contribution < -0.4 is 14.7 Å². The van der Waals surface area contributed by atoms with E-state index >= 15 is 0 Å². The molecule has 1 aromatic heterocycles. The number of rotatable bonds is 6. The predicted octanol–water partition coefficient (Wildman–Crippen LogP) is 2.11. The van der Waals surface area contributed by atoms with E-state index in [9.17, 15) is 12.8 Å². The molecule has 1 aromatic carbocycles. The fraction of sp³-hybridized carbons (Fsp3) is 0.545. The summed E-state index contributed by atoms with van der Waals surface area (Å²) in [6.07, 6.45) is 0.573. The second-order valence-electron chi connectivity index (χ2n) is 8.20. The van der Waals surface area contributed by atoms with Crippen LogP contribution in [0.15, 0.2) is 24.3 Å². The molecule has 4 rings (SSSR count). The number of piperazine rings is 1. The molecule has 0 N–H and O–H groups in total. The van der Waals surface area contributed by atoms with Gasteiger partial charge in [-0.1, -0.05) is 12.1 Å². The third kappa shape index (κ3) is 4.38. The molecule has 0 unspecified atom stereocenters. The lowest BCUT2D eigenvalue weighted by atomic mass is 10.1. The number of anilines is 3. The largest absolute Gasteiger partial charge is 0.366 e. The molecule has 0 amide bonds. The molecule has 0 spiro atoms. The molecule has 2 aromatic rings. The van der Waals surface area contributed by atoms with Crippen LogP contribution in [-0.4, -0.2) is 74.8 Å². The van der Waals surface area contributed by atoms with Gasteiger partial charge < -0.3 is 14.7 Å². The van der Waals surface area contributed by atoms with E-state index in [2.05, 4.69) is 9.80 Å². The standard InChI is InChI=1S/C22H31FN6O2S/c1-4-26(3)21-17-16-29(32(30,31)5-2)11-10-19(17)24-22(25-21)28-14-12-27(13-15-28)20-9-7-6-8-18(20)23/h6-9H,4-5,10-16H2,1-3H3. The SMILES string of the molecule is CCN(C)c1nc(N2CCN(c3ccccc3F)CC2)nc2c1CN(S(=O)(=O)CC)CC2. The maximum Gasteiger partial charge on any atom is 0.227 e. The molecule has 8 nitrogen and oxygen atoms in total. The van der Waals surface area contributed by atoms with Crippen LogP contribution in [0.3, 0.4) is 0 Å². The third-order valence-electron chi connectivity index (χ3n) is 6.34. The predicted molar refractivity (Wildman–Crippen MR) is 125 cm³/mol. The first kappa shape index (κ1) is 22.7. The average molecular weight is 463 g/mol. The number of fused-ring (bicyclic) bond motifs is 1. The quantitative estimate of drug-likeness (QED) is 0.651. The number of hydrogen-bond donors (Lipinski definition) is 0. The van der Waals surface area contributed by atoms with Crippen molar-refractivity contribution in [2.45, 2.75) is 26.8 Å². The van der Waals surface area contributed by atoms with Crippen LogP contribution in [0, 0.1) is 5.82 Å². The van der Waals surface area contributed by atoms with Gasteiger partial charge in [-0.25, -0.2) is 17.8 Å². The van der Waals surface area contributed by atoms with E-state index in [0.717, 1.165) is 23.6 Å². The Hall–Kier alpha value is -2.46. The Labute approximate surface area is 189 Å². The van der Waals surface area contributed by atoms with Crippen molar-refractivity contribution < 1.29 is 12.8 Å². The number of sulfonamides is 1. The molecule has 10 heteroatoms. The van der Waals surface area contributed by atoms with Gasteiger partial charge in [-0.05, 0) is 26.0 Å². The minimum Gasteiger partial charge on any atom is -0.366 e. The number of benzene rings is 1. The van der Waals surface area contributed by atoms with Crippen LogP contribution in [0.25, 0.3) is 0 Å². The van der Waals surface area contributed by atoms with Crippen molar-refractivity contribution in [2.75, 3.05) is 66.8 Å². The summed E-state index contributed by atoms with van der Waals surface area (Å²) < 4.78 is 40.6. The normalized spacial score (nSPS) is 17.4. The van der Waals surface area contributed by atoms with E-state index in [-0.39, 0.29) is 11.6 Å². The molecule has 32 heavy (non-hydrogen) atoms. The molecule has 174 valence electrons. The summed E-state index contributed by atoms with van der Waals surface area (Å²) in [7, 11) is -1.30. The third-order valence-corrected chi connectivity index (χ3v) is 8.17. The summed E-state index contributed by atoms with van der Waals surface area (Å²) in [5, 5.41) is 0. The fourth-order valence-corrected chi connectivity index (χ4v) is 5.30. The number of para-hydroxylation sites is 1. The Balaban J connectivity index is 1.58. The number of halogens is 1. The molecule has 3 heterocycles. The average Bonchev–Trinajstić information content (AvgIpc) is 2.83. The Morgan fingerprint density at radius 2 is 1.72 bits per heavy atom. The molecule has 1 saturated heterocycles. The molecule has 1 fully saturated rings. The molecular formula is C22H31FN6O2S. The van der Waals surface area contributed by atoms with Crippen LogP contribution in [0.1, 0.15) is 25.1 Å². The molecule has 0 bridgehead atoms. The minimum absolute atomic E-state index is 0.0898. The van der Waals surface area contributed by atoms with Crippen LogP contribution in [-0.2, 0) is 23.0 Å². The van der Waals surface area contributed by atoms with Gasteiger partial charge in [0.05, 0.1) is 17.1 Å². The topological polar surface area (TPSA) is 72.9 Å². The van der Waals surface area contributed by atoms with Crippen molar-refractivity contribution in [1.82, 2.24) is 14.3 Å². The molecule has 0 aliphatic carbocycles. The van der Waals surface area contributed by atoms with E-state index in [0.29, 0.717) is 57.3 Å². The van der Waals surface area contributed by atoms with Gasteiger partial charge >= 0.3 is 0 Å². The van der Waals surface area contributed by atoms with E-state index in [4.69, 9.17) is 9.97 Å². The van der Waals surface area contributed by atoms with Gasteiger partial charge in [-0.3, -0.25) is 0 Å². The maximum absolute atomic E-state index is 14.2. The number of hydrogen-bond acceptors (Lipinski definition) is 7. The summed E-state index contributed by atoms with van der Waals surface area (Å²) in [5.41, 5.74) is 2.44. The van der Waals surface area contributed by atoms with Gasteiger partial charge in [0.25, 0.3) is 0 Å². The lowest BCUT2D eigenvalue weighted by Gasteiger charge is -2.37. The lowest BCUT2D eigenvalue weighted by Crippen LogP contribution is -2.47. The zero-order valence-corrected chi connectivity index (χ0v) is 19.8. The van der Waals surface area contributed by atoms with Gasteiger partial charge in [0, 0.05) is 64.8 Å².